The van der Waals surface area contributed by atoms with E-state index in [1.54, 1.807) is 38.1 Å². The van der Waals surface area contributed by atoms with Gasteiger partial charge in [-0.3, -0.25) is 14.4 Å². The zero-order valence-corrected chi connectivity index (χ0v) is 20.2. The molecule has 1 aliphatic carbocycles. The lowest BCUT2D eigenvalue weighted by atomic mass is 10.1. The van der Waals surface area contributed by atoms with Gasteiger partial charge in [-0.2, -0.15) is 0 Å². The van der Waals surface area contributed by atoms with Gasteiger partial charge in [-0.15, -0.1) is 0 Å². The number of nitrogens with one attached hydrogen (secondary N) is 2. The van der Waals surface area contributed by atoms with Crippen LogP contribution >= 0.6 is 11.6 Å². The Morgan fingerprint density at radius 2 is 1.69 bits per heavy atom. The number of rotatable bonds is 7. The van der Waals surface area contributed by atoms with Crippen molar-refractivity contribution >= 4 is 46.7 Å². The average molecular weight is 496 g/mol. The summed E-state index contributed by atoms with van der Waals surface area (Å²) in [6, 6.07) is 12.8. The van der Waals surface area contributed by atoms with Gasteiger partial charge < -0.3 is 15.4 Å². The van der Waals surface area contributed by atoms with Crippen molar-refractivity contribution in [3.63, 3.8) is 0 Å². The number of anilines is 2. The summed E-state index contributed by atoms with van der Waals surface area (Å²) in [5, 5.41) is 5.65. The maximum Gasteiger partial charge on any atom is 0.338 e. The zero-order valence-electron chi connectivity index (χ0n) is 19.5. The maximum absolute atomic E-state index is 13.1. The number of imide groups is 1. The number of esters is 1. The molecule has 1 fully saturated rings. The molecular formula is C26H26ClN3O5. The van der Waals surface area contributed by atoms with Gasteiger partial charge in [0, 0.05) is 17.3 Å². The summed E-state index contributed by atoms with van der Waals surface area (Å²) in [5.41, 5.74) is 1.36. The minimum atomic E-state index is -0.688. The first-order chi connectivity index (χ1) is 16.7. The van der Waals surface area contributed by atoms with E-state index in [0.717, 1.165) is 30.6 Å². The predicted octanol–water partition coefficient (Wildman–Crippen LogP) is 4.36. The number of carbonyl (C=O) groups is 4. The third-order valence-electron chi connectivity index (χ3n) is 5.82. The molecule has 4 rings (SSSR count). The van der Waals surface area contributed by atoms with Crippen LogP contribution in [0.25, 0.3) is 0 Å². The first-order valence-electron chi connectivity index (χ1n) is 11.5. The third kappa shape index (κ3) is 5.38. The molecule has 0 spiro atoms. The van der Waals surface area contributed by atoms with E-state index in [2.05, 4.69) is 10.6 Å². The van der Waals surface area contributed by atoms with Crippen molar-refractivity contribution in [3.05, 3.63) is 70.4 Å². The predicted molar refractivity (Wildman–Crippen MR) is 132 cm³/mol. The molecule has 35 heavy (non-hydrogen) atoms. The molecule has 0 radical (unpaired) electrons. The van der Waals surface area contributed by atoms with Gasteiger partial charge in [0.25, 0.3) is 17.7 Å². The lowest BCUT2D eigenvalue weighted by molar-refractivity contribution is -0.120. The van der Waals surface area contributed by atoms with Crippen LogP contribution in [0.1, 0.15) is 60.2 Å². The molecule has 8 nitrogen and oxygen atoms in total. The van der Waals surface area contributed by atoms with Gasteiger partial charge in [-0.05, 0) is 69.2 Å². The van der Waals surface area contributed by atoms with Crippen molar-refractivity contribution < 1.29 is 23.9 Å². The number of amides is 3. The zero-order chi connectivity index (χ0) is 25.1. The fourth-order valence-corrected chi connectivity index (χ4v) is 4.31. The van der Waals surface area contributed by atoms with Gasteiger partial charge in [0.15, 0.2) is 0 Å². The average Bonchev–Trinajstić information content (AvgIpc) is 3.41. The molecular weight excluding hydrogens is 470 g/mol. The van der Waals surface area contributed by atoms with Crippen molar-refractivity contribution in [2.24, 2.45) is 0 Å². The van der Waals surface area contributed by atoms with Crippen LogP contribution in [0, 0.1) is 0 Å². The highest BCUT2D eigenvalue weighted by Crippen LogP contribution is 2.30. The lowest BCUT2D eigenvalue weighted by Crippen LogP contribution is -2.32. The van der Waals surface area contributed by atoms with E-state index < -0.39 is 17.8 Å². The first kappa shape index (κ1) is 24.5. The number of hydrogen-bond donors (Lipinski definition) is 2. The largest absolute Gasteiger partial charge is 0.459 e. The fraction of sp³-hybridized carbons (Fsp3) is 0.308. The van der Waals surface area contributed by atoms with Crippen LogP contribution in [0.3, 0.4) is 0 Å². The van der Waals surface area contributed by atoms with Gasteiger partial charge in [-0.1, -0.05) is 30.5 Å². The van der Waals surface area contributed by atoms with E-state index in [9.17, 15) is 19.2 Å². The molecule has 182 valence electrons. The Bertz CT molecular complexity index is 1200. The van der Waals surface area contributed by atoms with Crippen LogP contribution < -0.4 is 15.5 Å². The Hall–Kier alpha value is -3.65. The van der Waals surface area contributed by atoms with E-state index >= 15 is 0 Å². The van der Waals surface area contributed by atoms with Crippen molar-refractivity contribution in [1.29, 1.82) is 0 Å². The monoisotopic (exact) mass is 495 g/mol. The first-order valence-corrected chi connectivity index (χ1v) is 11.9. The Morgan fingerprint density at radius 1 is 1.00 bits per heavy atom. The van der Waals surface area contributed by atoms with Crippen LogP contribution in [-0.2, 0) is 14.3 Å². The molecule has 0 unspecified atom stereocenters. The van der Waals surface area contributed by atoms with Crippen LogP contribution in [-0.4, -0.2) is 35.8 Å². The number of ether oxygens (including phenoxy) is 1. The fourth-order valence-electron chi connectivity index (χ4n) is 4.10. The summed E-state index contributed by atoms with van der Waals surface area (Å²) in [4.78, 5) is 51.4. The van der Waals surface area contributed by atoms with Crippen LogP contribution in [0.5, 0.6) is 0 Å². The molecule has 1 heterocycles. The number of benzene rings is 2. The maximum atomic E-state index is 13.1. The van der Waals surface area contributed by atoms with E-state index in [1.165, 1.54) is 24.3 Å². The van der Waals surface area contributed by atoms with Crippen molar-refractivity contribution in [3.8, 4) is 0 Å². The molecule has 0 aromatic heterocycles. The Morgan fingerprint density at radius 3 is 2.34 bits per heavy atom. The SMILES string of the molecule is CC(C)OC(=O)c1ccc(N2C(=O)C(Cl)=C(Nc3cccc(C(=O)NC4CCCC4)c3)C2=O)cc1. The number of halogens is 1. The van der Waals surface area contributed by atoms with Crippen molar-refractivity contribution in [1.82, 2.24) is 5.32 Å². The van der Waals surface area contributed by atoms with E-state index in [-0.39, 0.29) is 34.5 Å². The van der Waals surface area contributed by atoms with E-state index in [4.69, 9.17) is 16.3 Å². The normalized spacial score (nSPS) is 16.3. The molecule has 2 aromatic rings. The summed E-state index contributed by atoms with van der Waals surface area (Å²) >= 11 is 6.22. The van der Waals surface area contributed by atoms with Crippen LogP contribution in [0.2, 0.25) is 0 Å². The van der Waals surface area contributed by atoms with Crippen molar-refractivity contribution in [2.45, 2.75) is 51.7 Å². The van der Waals surface area contributed by atoms with Gasteiger partial charge >= 0.3 is 5.97 Å². The molecule has 0 saturated heterocycles. The highest BCUT2D eigenvalue weighted by Gasteiger charge is 2.39. The van der Waals surface area contributed by atoms with Crippen LogP contribution in [0.4, 0.5) is 11.4 Å². The third-order valence-corrected chi connectivity index (χ3v) is 6.17. The highest BCUT2D eigenvalue weighted by molar-refractivity contribution is 6.53. The van der Waals surface area contributed by atoms with Crippen LogP contribution in [0.15, 0.2) is 59.3 Å². The standard InChI is InChI=1S/C26H26ClN3O5/c1-15(2)35-26(34)16-10-12-20(13-11-16)30-24(32)21(27)22(25(30)33)28-19-9-5-6-17(14-19)23(31)29-18-7-3-4-8-18/h5-6,9-15,18,28H,3-4,7-8H2,1-2H3,(H,29,31). The second-order valence-corrected chi connectivity index (χ2v) is 9.17. The number of carbonyl (C=O) groups excluding carboxylic acids is 4. The highest BCUT2D eigenvalue weighted by atomic mass is 35.5. The molecule has 0 bridgehead atoms. The lowest BCUT2D eigenvalue weighted by Gasteiger charge is -2.16. The molecule has 9 heteroatoms. The quantitative estimate of drug-likeness (QED) is 0.437. The summed E-state index contributed by atoms with van der Waals surface area (Å²) in [6.07, 6.45) is 3.89. The van der Waals surface area contributed by atoms with E-state index in [1.807, 2.05) is 0 Å². The minimum Gasteiger partial charge on any atom is -0.459 e. The number of nitrogens with zero attached hydrogens (tertiary/aromatic N) is 1. The summed E-state index contributed by atoms with van der Waals surface area (Å²) < 4.78 is 5.15. The molecule has 0 atom stereocenters. The summed E-state index contributed by atoms with van der Waals surface area (Å²) in [7, 11) is 0. The van der Waals surface area contributed by atoms with E-state index in [0.29, 0.717) is 16.8 Å². The second kappa shape index (κ2) is 10.3. The van der Waals surface area contributed by atoms with Gasteiger partial charge in [0.05, 0.1) is 17.4 Å². The van der Waals surface area contributed by atoms with Gasteiger partial charge in [0.2, 0.25) is 0 Å². The van der Waals surface area contributed by atoms with Crippen molar-refractivity contribution in [2.75, 3.05) is 10.2 Å². The number of hydrogen-bond acceptors (Lipinski definition) is 6. The Kier molecular flexibility index (Phi) is 7.21. The molecule has 2 aromatic carbocycles. The van der Waals surface area contributed by atoms with Gasteiger partial charge in [-0.25, -0.2) is 9.69 Å². The Balaban J connectivity index is 1.48. The molecule has 1 aliphatic heterocycles. The molecule has 2 N–H and O–H groups in total. The smallest absolute Gasteiger partial charge is 0.338 e. The Labute approximate surface area is 208 Å². The topological polar surface area (TPSA) is 105 Å². The minimum absolute atomic E-state index is 0.0895. The molecule has 2 aliphatic rings. The molecule has 1 saturated carbocycles. The second-order valence-electron chi connectivity index (χ2n) is 8.80. The molecule has 3 amide bonds. The van der Waals surface area contributed by atoms with Gasteiger partial charge in [0.1, 0.15) is 10.7 Å². The summed E-state index contributed by atoms with van der Waals surface area (Å²) in [5.74, 6) is -2.02. The summed E-state index contributed by atoms with van der Waals surface area (Å²) in [6.45, 7) is 3.49.